The summed E-state index contributed by atoms with van der Waals surface area (Å²) in [6, 6.07) is 6.26. The summed E-state index contributed by atoms with van der Waals surface area (Å²) in [7, 11) is 0. The summed E-state index contributed by atoms with van der Waals surface area (Å²) in [5, 5.41) is 0. The number of carbonyl (C=O) groups excluding carboxylic acids is 1. The van der Waals surface area contributed by atoms with Gasteiger partial charge in [0.25, 0.3) is 0 Å². The number of benzene rings is 1. The average Bonchev–Trinajstić information content (AvgIpc) is 2.89. The maximum atomic E-state index is 11.6. The van der Waals surface area contributed by atoms with Gasteiger partial charge in [0.1, 0.15) is 18.5 Å². The third-order valence-electron chi connectivity index (χ3n) is 5.46. The van der Waals surface area contributed by atoms with Crippen molar-refractivity contribution in [3.63, 3.8) is 0 Å². The molecular formula is C19H27NO3. The van der Waals surface area contributed by atoms with Crippen molar-refractivity contribution in [2.24, 2.45) is 5.41 Å². The van der Waals surface area contributed by atoms with Crippen molar-refractivity contribution in [3.8, 4) is 5.75 Å². The highest BCUT2D eigenvalue weighted by Crippen LogP contribution is 2.35. The molecule has 0 amide bonds. The van der Waals surface area contributed by atoms with Crippen LogP contribution in [0.25, 0.3) is 0 Å². The third-order valence-corrected chi connectivity index (χ3v) is 5.46. The van der Waals surface area contributed by atoms with Gasteiger partial charge in [-0.25, -0.2) is 4.79 Å². The van der Waals surface area contributed by atoms with Gasteiger partial charge < -0.3 is 9.47 Å². The number of esters is 1. The van der Waals surface area contributed by atoms with Crippen molar-refractivity contribution in [1.29, 1.82) is 0 Å². The van der Waals surface area contributed by atoms with Gasteiger partial charge in [-0.2, -0.15) is 0 Å². The molecule has 0 aromatic heterocycles. The van der Waals surface area contributed by atoms with Gasteiger partial charge in [0.2, 0.25) is 0 Å². The first-order valence-corrected chi connectivity index (χ1v) is 8.61. The first kappa shape index (κ1) is 16.3. The summed E-state index contributed by atoms with van der Waals surface area (Å²) in [5.41, 5.74) is 1.75. The second kappa shape index (κ2) is 6.16. The Morgan fingerprint density at radius 2 is 2.22 bits per heavy atom. The van der Waals surface area contributed by atoms with Gasteiger partial charge in [-0.3, -0.25) is 4.90 Å². The van der Waals surface area contributed by atoms with Crippen molar-refractivity contribution < 1.29 is 14.3 Å². The molecule has 0 aliphatic carbocycles. The lowest BCUT2D eigenvalue weighted by Gasteiger charge is -2.45. The number of piperidine rings is 1. The Hall–Kier alpha value is -1.55. The maximum absolute atomic E-state index is 11.6. The van der Waals surface area contributed by atoms with Gasteiger partial charge in [0, 0.05) is 23.6 Å². The molecule has 2 atom stereocenters. The van der Waals surface area contributed by atoms with E-state index in [0.717, 1.165) is 37.2 Å². The lowest BCUT2D eigenvalue weighted by Crippen LogP contribution is -2.53. The van der Waals surface area contributed by atoms with Gasteiger partial charge in [-0.15, -0.1) is 0 Å². The van der Waals surface area contributed by atoms with Crippen molar-refractivity contribution in [3.05, 3.63) is 29.3 Å². The summed E-state index contributed by atoms with van der Waals surface area (Å²) >= 11 is 0. The molecule has 0 radical (unpaired) electrons. The van der Waals surface area contributed by atoms with Crippen LogP contribution in [-0.2, 0) is 11.3 Å². The zero-order chi connectivity index (χ0) is 16.6. The Morgan fingerprint density at radius 3 is 2.96 bits per heavy atom. The van der Waals surface area contributed by atoms with Crippen molar-refractivity contribution in [2.75, 3.05) is 13.1 Å². The Balaban J connectivity index is 1.75. The molecule has 0 spiro atoms. The van der Waals surface area contributed by atoms with Gasteiger partial charge in [0.15, 0.2) is 0 Å². The fourth-order valence-electron chi connectivity index (χ4n) is 3.35. The third kappa shape index (κ3) is 3.23. The van der Waals surface area contributed by atoms with Crippen LogP contribution >= 0.6 is 0 Å². The standard InChI is InChI=1S/C19H27NO3/c1-5-13(2)20-9-8-19(3,4)17(11-20)23-15-6-7-16-14(10-15)12-22-18(16)21/h6-7,10,13,17H,5,8-9,11-12H2,1-4H3/t13-,17+/m0/s1. The second-order valence-corrected chi connectivity index (χ2v) is 7.49. The van der Waals surface area contributed by atoms with E-state index in [-0.39, 0.29) is 17.5 Å². The number of carbonyl (C=O) groups is 1. The predicted octanol–water partition coefficient (Wildman–Crippen LogP) is 3.63. The van der Waals surface area contributed by atoms with Crippen molar-refractivity contribution >= 4 is 5.97 Å². The van der Waals surface area contributed by atoms with E-state index in [9.17, 15) is 4.79 Å². The molecule has 1 aromatic carbocycles. The number of rotatable bonds is 4. The van der Waals surface area contributed by atoms with Crippen LogP contribution in [0, 0.1) is 5.41 Å². The summed E-state index contributed by atoms with van der Waals surface area (Å²) in [5.74, 6) is 0.610. The fourth-order valence-corrected chi connectivity index (χ4v) is 3.35. The second-order valence-electron chi connectivity index (χ2n) is 7.49. The summed E-state index contributed by atoms with van der Waals surface area (Å²) in [4.78, 5) is 14.1. The van der Waals surface area contributed by atoms with Crippen LogP contribution in [0.1, 0.15) is 56.5 Å². The summed E-state index contributed by atoms with van der Waals surface area (Å²) < 4.78 is 11.4. The Bertz CT molecular complexity index is 596. The summed E-state index contributed by atoms with van der Waals surface area (Å²) in [6.45, 7) is 11.5. The maximum Gasteiger partial charge on any atom is 0.338 e. The number of likely N-dealkylation sites (tertiary alicyclic amines) is 1. The molecule has 1 saturated heterocycles. The van der Waals surface area contributed by atoms with Crippen LogP contribution in [0.5, 0.6) is 5.75 Å². The number of hydrogen-bond donors (Lipinski definition) is 0. The molecular weight excluding hydrogens is 290 g/mol. The Kier molecular flexibility index (Phi) is 4.37. The summed E-state index contributed by atoms with van der Waals surface area (Å²) in [6.07, 6.45) is 2.45. The molecule has 4 nitrogen and oxygen atoms in total. The van der Waals surface area contributed by atoms with Gasteiger partial charge in [-0.1, -0.05) is 20.8 Å². The number of hydrogen-bond acceptors (Lipinski definition) is 4. The normalized spacial score (nSPS) is 24.9. The average molecular weight is 317 g/mol. The highest BCUT2D eigenvalue weighted by Gasteiger charge is 2.38. The number of nitrogens with zero attached hydrogens (tertiary/aromatic N) is 1. The van der Waals surface area contributed by atoms with Crippen molar-refractivity contribution in [1.82, 2.24) is 4.90 Å². The van der Waals surface area contributed by atoms with Crippen LogP contribution in [0.3, 0.4) is 0 Å². The van der Waals surface area contributed by atoms with Gasteiger partial charge in [0.05, 0.1) is 5.56 Å². The minimum Gasteiger partial charge on any atom is -0.489 e. The molecule has 0 saturated carbocycles. The van der Waals surface area contributed by atoms with E-state index in [1.165, 1.54) is 0 Å². The van der Waals surface area contributed by atoms with Crippen LogP contribution in [0.2, 0.25) is 0 Å². The predicted molar refractivity (Wildman–Crippen MR) is 89.7 cm³/mol. The topological polar surface area (TPSA) is 38.8 Å². The molecule has 0 unspecified atom stereocenters. The molecule has 4 heteroatoms. The highest BCUT2D eigenvalue weighted by atomic mass is 16.5. The number of fused-ring (bicyclic) bond motifs is 1. The molecule has 0 N–H and O–H groups in total. The van der Waals surface area contributed by atoms with E-state index < -0.39 is 0 Å². The Labute approximate surface area is 138 Å². The van der Waals surface area contributed by atoms with E-state index in [1.54, 1.807) is 0 Å². The van der Waals surface area contributed by atoms with Crippen LogP contribution < -0.4 is 4.74 Å². The zero-order valence-corrected chi connectivity index (χ0v) is 14.6. The zero-order valence-electron chi connectivity index (χ0n) is 14.6. The quantitative estimate of drug-likeness (QED) is 0.795. The van der Waals surface area contributed by atoms with E-state index >= 15 is 0 Å². The SMILES string of the molecule is CC[C@H](C)N1CCC(C)(C)[C@H](Oc2ccc3c(c2)COC3=O)C1. The monoisotopic (exact) mass is 317 g/mol. The number of cyclic esters (lactones) is 1. The van der Waals surface area contributed by atoms with E-state index in [4.69, 9.17) is 9.47 Å². The fraction of sp³-hybridized carbons (Fsp3) is 0.632. The van der Waals surface area contributed by atoms with Gasteiger partial charge in [-0.05, 0) is 44.5 Å². The van der Waals surface area contributed by atoms with E-state index in [1.807, 2.05) is 18.2 Å². The molecule has 23 heavy (non-hydrogen) atoms. The van der Waals surface area contributed by atoms with Gasteiger partial charge >= 0.3 is 5.97 Å². The first-order valence-electron chi connectivity index (χ1n) is 8.61. The van der Waals surface area contributed by atoms with Crippen molar-refractivity contribution in [2.45, 2.75) is 59.3 Å². The number of ether oxygens (including phenoxy) is 2. The minimum atomic E-state index is -0.229. The molecule has 2 aliphatic rings. The van der Waals surface area contributed by atoms with Crippen LogP contribution in [0.15, 0.2) is 18.2 Å². The van der Waals surface area contributed by atoms with E-state index in [0.29, 0.717) is 18.2 Å². The smallest absolute Gasteiger partial charge is 0.338 e. The Morgan fingerprint density at radius 1 is 1.43 bits per heavy atom. The molecule has 1 aromatic rings. The lowest BCUT2D eigenvalue weighted by atomic mass is 9.79. The molecule has 1 fully saturated rings. The first-order chi connectivity index (χ1) is 10.9. The largest absolute Gasteiger partial charge is 0.489 e. The lowest BCUT2D eigenvalue weighted by molar-refractivity contribution is -0.0218. The molecule has 0 bridgehead atoms. The van der Waals surface area contributed by atoms with E-state index in [2.05, 4.69) is 32.6 Å². The molecule has 3 rings (SSSR count). The highest BCUT2D eigenvalue weighted by molar-refractivity contribution is 5.93. The minimum absolute atomic E-state index is 0.148. The molecule has 126 valence electrons. The van der Waals surface area contributed by atoms with Crippen LogP contribution in [-0.4, -0.2) is 36.1 Å². The molecule has 2 heterocycles. The van der Waals surface area contributed by atoms with Crippen LogP contribution in [0.4, 0.5) is 0 Å². The molecule has 2 aliphatic heterocycles.